The zero-order valence-electron chi connectivity index (χ0n) is 13.5. The number of carbonyl (C=O) groups excluding carboxylic acids is 2. The molecule has 130 valence electrons. The molecule has 0 aromatic heterocycles. The summed E-state index contributed by atoms with van der Waals surface area (Å²) in [6, 6.07) is 16.8. The summed E-state index contributed by atoms with van der Waals surface area (Å²) in [4.78, 5) is 23.3. The molecule has 0 saturated heterocycles. The molecule has 0 spiro atoms. The summed E-state index contributed by atoms with van der Waals surface area (Å²) >= 11 is 6.05. The zero-order chi connectivity index (χ0) is 18.5. The van der Waals surface area contributed by atoms with Crippen LogP contribution < -0.4 is 15.9 Å². The maximum atomic E-state index is 12.5. The Balaban J connectivity index is 2.02. The molecule has 0 fully saturated rings. The fourth-order valence-corrected chi connectivity index (χ4v) is 2.65. The third-order valence-electron chi connectivity index (χ3n) is 3.60. The molecular weight excluding hydrogens is 354 g/mol. The van der Waals surface area contributed by atoms with Gasteiger partial charge in [0.25, 0.3) is 0 Å². The molecule has 7 heteroatoms. The number of nitrogens with one attached hydrogen (secondary N) is 1. The number of nitrogens with two attached hydrogens (primary N) is 1. The lowest BCUT2D eigenvalue weighted by molar-refractivity contribution is 0.0735. The number of fused-ring (bicyclic) bond motifs is 1. The summed E-state index contributed by atoms with van der Waals surface area (Å²) in [7, 11) is 0. The van der Waals surface area contributed by atoms with E-state index in [-0.39, 0.29) is 11.3 Å². The van der Waals surface area contributed by atoms with E-state index in [4.69, 9.17) is 22.1 Å². The Labute approximate surface area is 154 Å². The summed E-state index contributed by atoms with van der Waals surface area (Å²) in [5.41, 5.74) is 7.92. The molecule has 3 aromatic carbocycles. The number of hydrogen-bond donors (Lipinski definition) is 2. The predicted octanol–water partition coefficient (Wildman–Crippen LogP) is 3.71. The third-order valence-corrected chi connectivity index (χ3v) is 3.93. The van der Waals surface area contributed by atoms with Gasteiger partial charge in [-0.25, -0.2) is 15.0 Å². The Kier molecular flexibility index (Phi) is 5.15. The first-order chi connectivity index (χ1) is 12.6. The minimum atomic E-state index is -0.795. The van der Waals surface area contributed by atoms with Crippen LogP contribution in [0.1, 0.15) is 15.9 Å². The lowest BCUT2D eigenvalue weighted by Crippen LogP contribution is -2.24. The fourth-order valence-electron chi connectivity index (χ4n) is 2.44. The number of urea groups is 1. The highest BCUT2D eigenvalue weighted by Gasteiger charge is 2.15. The van der Waals surface area contributed by atoms with Crippen molar-refractivity contribution in [3.8, 4) is 5.75 Å². The van der Waals surface area contributed by atoms with Crippen LogP contribution in [0.3, 0.4) is 0 Å². The first-order valence-electron chi connectivity index (χ1n) is 7.63. The molecule has 3 N–H and O–H groups in total. The van der Waals surface area contributed by atoms with Gasteiger partial charge < -0.3 is 10.5 Å². The van der Waals surface area contributed by atoms with Gasteiger partial charge in [0, 0.05) is 5.56 Å². The Morgan fingerprint density at radius 2 is 1.77 bits per heavy atom. The molecule has 3 rings (SSSR count). The molecule has 26 heavy (non-hydrogen) atoms. The topological polar surface area (TPSA) is 93.8 Å². The fraction of sp³-hybridized carbons (Fsp3) is 0. The van der Waals surface area contributed by atoms with Crippen molar-refractivity contribution >= 4 is 40.6 Å². The van der Waals surface area contributed by atoms with Gasteiger partial charge in [0.1, 0.15) is 5.75 Å². The van der Waals surface area contributed by atoms with Crippen LogP contribution in [0.15, 0.2) is 65.8 Å². The van der Waals surface area contributed by atoms with Gasteiger partial charge in [0.05, 0.1) is 16.8 Å². The summed E-state index contributed by atoms with van der Waals surface area (Å²) in [6.45, 7) is 0. The molecule has 6 nitrogen and oxygen atoms in total. The molecular formula is C19H14ClN3O3. The molecule has 3 aromatic rings. The number of hydrazone groups is 1. The summed E-state index contributed by atoms with van der Waals surface area (Å²) in [5, 5.41) is 5.80. The maximum absolute atomic E-state index is 12.5. The molecule has 0 atom stereocenters. The van der Waals surface area contributed by atoms with E-state index < -0.39 is 12.0 Å². The standard InChI is InChI=1S/C19H14ClN3O3/c20-16-8-4-3-7-14(16)18(24)26-17-10-9-12-5-1-2-6-13(12)15(17)11-22-23-19(21)25/h1-11H,(H3,21,23,25)/b22-11-. The lowest BCUT2D eigenvalue weighted by Gasteiger charge is -2.11. The highest BCUT2D eigenvalue weighted by atomic mass is 35.5. The van der Waals surface area contributed by atoms with Gasteiger partial charge in [0.2, 0.25) is 0 Å². The highest BCUT2D eigenvalue weighted by Crippen LogP contribution is 2.28. The van der Waals surface area contributed by atoms with Crippen LogP contribution in [0.4, 0.5) is 4.79 Å². The number of hydrogen-bond acceptors (Lipinski definition) is 4. The summed E-state index contributed by atoms with van der Waals surface area (Å²) in [6.07, 6.45) is 1.38. The largest absolute Gasteiger partial charge is 0.422 e. The molecule has 0 aliphatic heterocycles. The van der Waals surface area contributed by atoms with E-state index in [9.17, 15) is 9.59 Å². The van der Waals surface area contributed by atoms with Crippen LogP contribution in [0, 0.1) is 0 Å². The van der Waals surface area contributed by atoms with E-state index in [0.717, 1.165) is 10.8 Å². The lowest BCUT2D eigenvalue weighted by atomic mass is 10.0. The Hall–Kier alpha value is -3.38. The van der Waals surface area contributed by atoms with Crippen LogP contribution in [0.25, 0.3) is 10.8 Å². The van der Waals surface area contributed by atoms with E-state index in [1.54, 1.807) is 30.3 Å². The summed E-state index contributed by atoms with van der Waals surface area (Å²) in [5.74, 6) is -0.313. The number of ether oxygens (including phenoxy) is 1. The van der Waals surface area contributed by atoms with E-state index in [1.165, 1.54) is 6.21 Å². The zero-order valence-corrected chi connectivity index (χ0v) is 14.2. The van der Waals surface area contributed by atoms with E-state index in [2.05, 4.69) is 10.5 Å². The van der Waals surface area contributed by atoms with Crippen LogP contribution in [0.5, 0.6) is 5.75 Å². The van der Waals surface area contributed by atoms with Gasteiger partial charge in [-0.15, -0.1) is 0 Å². The SMILES string of the molecule is NC(=O)N/N=C\c1c(OC(=O)c2ccccc2Cl)ccc2ccccc12. The predicted molar refractivity (Wildman–Crippen MR) is 101 cm³/mol. The van der Waals surface area contributed by atoms with Crippen LogP contribution in [0.2, 0.25) is 5.02 Å². The first kappa shape index (κ1) is 17.4. The van der Waals surface area contributed by atoms with E-state index in [1.807, 2.05) is 30.3 Å². The number of amides is 2. The van der Waals surface area contributed by atoms with Gasteiger partial charge >= 0.3 is 12.0 Å². The second kappa shape index (κ2) is 7.67. The molecule has 0 radical (unpaired) electrons. The van der Waals surface area contributed by atoms with Crippen molar-refractivity contribution in [2.24, 2.45) is 10.8 Å². The molecule has 2 amide bonds. The average Bonchev–Trinajstić information content (AvgIpc) is 2.63. The third kappa shape index (κ3) is 3.81. The first-order valence-corrected chi connectivity index (χ1v) is 8.01. The van der Waals surface area contributed by atoms with Crippen molar-refractivity contribution in [1.82, 2.24) is 5.43 Å². The van der Waals surface area contributed by atoms with Gasteiger partial charge in [-0.1, -0.05) is 54.1 Å². The van der Waals surface area contributed by atoms with Crippen molar-refractivity contribution in [1.29, 1.82) is 0 Å². The second-order valence-corrected chi connectivity index (χ2v) is 5.71. The van der Waals surface area contributed by atoms with E-state index in [0.29, 0.717) is 10.6 Å². The number of esters is 1. The molecule has 0 heterocycles. The number of benzene rings is 3. The quantitative estimate of drug-likeness (QED) is 0.318. The van der Waals surface area contributed by atoms with Gasteiger partial charge in [-0.3, -0.25) is 0 Å². The Bertz CT molecular complexity index is 1020. The van der Waals surface area contributed by atoms with Crippen LogP contribution in [-0.2, 0) is 0 Å². The minimum Gasteiger partial charge on any atom is -0.422 e. The number of rotatable bonds is 4. The number of carbonyl (C=O) groups is 2. The number of nitrogens with zero attached hydrogens (tertiary/aromatic N) is 1. The average molecular weight is 368 g/mol. The van der Waals surface area contributed by atoms with Crippen molar-refractivity contribution in [3.05, 3.63) is 76.8 Å². The van der Waals surface area contributed by atoms with Crippen molar-refractivity contribution in [2.75, 3.05) is 0 Å². The van der Waals surface area contributed by atoms with Gasteiger partial charge in [-0.05, 0) is 29.0 Å². The van der Waals surface area contributed by atoms with Crippen LogP contribution >= 0.6 is 11.6 Å². The van der Waals surface area contributed by atoms with Crippen molar-refractivity contribution in [2.45, 2.75) is 0 Å². The van der Waals surface area contributed by atoms with E-state index >= 15 is 0 Å². The minimum absolute atomic E-state index is 0.250. The van der Waals surface area contributed by atoms with Gasteiger partial charge in [-0.2, -0.15) is 5.10 Å². The van der Waals surface area contributed by atoms with Crippen LogP contribution in [-0.4, -0.2) is 18.2 Å². The van der Waals surface area contributed by atoms with Crippen molar-refractivity contribution < 1.29 is 14.3 Å². The molecule has 0 bridgehead atoms. The molecule has 0 aliphatic carbocycles. The number of halogens is 1. The smallest absolute Gasteiger partial charge is 0.345 e. The Morgan fingerprint density at radius 3 is 2.54 bits per heavy atom. The molecule has 0 aliphatic rings. The monoisotopic (exact) mass is 367 g/mol. The van der Waals surface area contributed by atoms with Gasteiger partial charge in [0.15, 0.2) is 0 Å². The Morgan fingerprint density at radius 1 is 1.04 bits per heavy atom. The van der Waals surface area contributed by atoms with Crippen molar-refractivity contribution in [3.63, 3.8) is 0 Å². The normalized spacial score (nSPS) is 10.8. The summed E-state index contributed by atoms with van der Waals surface area (Å²) < 4.78 is 5.52. The second-order valence-electron chi connectivity index (χ2n) is 5.30. The molecule has 0 unspecified atom stereocenters. The number of primary amides is 1. The molecule has 0 saturated carbocycles. The highest BCUT2D eigenvalue weighted by molar-refractivity contribution is 6.33. The maximum Gasteiger partial charge on any atom is 0.345 e.